The van der Waals surface area contributed by atoms with E-state index in [2.05, 4.69) is 6.07 Å². The van der Waals surface area contributed by atoms with Crippen molar-refractivity contribution >= 4 is 12.0 Å². The minimum Gasteiger partial charge on any atom is -0.496 e. The highest BCUT2D eigenvalue weighted by Gasteiger charge is 2.32. The molecule has 1 saturated carbocycles. The fourth-order valence-corrected chi connectivity index (χ4v) is 4.05. The molecule has 1 aromatic rings. The van der Waals surface area contributed by atoms with E-state index < -0.39 is 0 Å². The number of benzene rings is 1. The molecule has 2 fully saturated rings. The van der Waals surface area contributed by atoms with E-state index in [0.717, 1.165) is 36.2 Å². The molecule has 0 spiro atoms. The third-order valence-electron chi connectivity index (χ3n) is 5.39. The van der Waals surface area contributed by atoms with Crippen LogP contribution in [0.1, 0.15) is 43.2 Å². The monoisotopic (exact) mass is 313 g/mol. The Labute approximate surface area is 139 Å². The minimum atomic E-state index is 0.137. The van der Waals surface area contributed by atoms with Gasteiger partial charge in [0.05, 0.1) is 7.11 Å². The third kappa shape index (κ3) is 3.77. The lowest BCUT2D eigenvalue weighted by molar-refractivity contribution is -0.128. The second kappa shape index (κ2) is 7.20. The molecule has 1 amide bonds. The molecule has 124 valence electrons. The quantitative estimate of drug-likeness (QED) is 0.788. The molecule has 3 nitrogen and oxygen atoms in total. The maximum absolute atomic E-state index is 12.5. The number of amides is 1. The van der Waals surface area contributed by atoms with Crippen LogP contribution in [-0.2, 0) is 4.79 Å². The van der Waals surface area contributed by atoms with E-state index in [1.165, 1.54) is 37.7 Å². The number of methoxy groups -OCH3 is 1. The standard InChI is InChI=1S/C20H27NO2/c1-15-7-9-19(23-2)17(13-15)8-10-20(22)21-12-11-16-5-3-4-6-18(16)14-21/h7-10,13,16,18H,3-6,11-12,14H2,1-2H3/b10-8+/t16-,18+/m0/s1. The molecule has 0 aromatic heterocycles. The summed E-state index contributed by atoms with van der Waals surface area (Å²) in [5, 5.41) is 0. The number of piperidine rings is 1. The lowest BCUT2D eigenvalue weighted by atomic mass is 9.75. The molecule has 2 atom stereocenters. The van der Waals surface area contributed by atoms with Gasteiger partial charge in [0, 0.05) is 24.7 Å². The van der Waals surface area contributed by atoms with Gasteiger partial charge in [-0.05, 0) is 49.8 Å². The third-order valence-corrected chi connectivity index (χ3v) is 5.39. The molecule has 0 N–H and O–H groups in total. The topological polar surface area (TPSA) is 29.5 Å². The first-order valence-corrected chi connectivity index (χ1v) is 8.79. The van der Waals surface area contributed by atoms with E-state index in [1.807, 2.05) is 30.0 Å². The maximum atomic E-state index is 12.5. The van der Waals surface area contributed by atoms with Gasteiger partial charge in [0.25, 0.3) is 0 Å². The highest BCUT2D eigenvalue weighted by atomic mass is 16.5. The number of fused-ring (bicyclic) bond motifs is 1. The first-order chi connectivity index (χ1) is 11.2. The number of aryl methyl sites for hydroxylation is 1. The van der Waals surface area contributed by atoms with Gasteiger partial charge < -0.3 is 9.64 Å². The van der Waals surface area contributed by atoms with Gasteiger partial charge in [-0.25, -0.2) is 0 Å². The molecule has 1 aliphatic carbocycles. The van der Waals surface area contributed by atoms with Crippen molar-refractivity contribution in [2.24, 2.45) is 11.8 Å². The fourth-order valence-electron chi connectivity index (χ4n) is 4.05. The highest BCUT2D eigenvalue weighted by Crippen LogP contribution is 2.36. The van der Waals surface area contributed by atoms with Crippen LogP contribution in [0.15, 0.2) is 24.3 Å². The van der Waals surface area contributed by atoms with E-state index in [0.29, 0.717) is 0 Å². The van der Waals surface area contributed by atoms with E-state index in [1.54, 1.807) is 13.2 Å². The van der Waals surface area contributed by atoms with E-state index >= 15 is 0 Å². The number of nitrogens with zero attached hydrogens (tertiary/aromatic N) is 1. The number of rotatable bonds is 3. The Morgan fingerprint density at radius 2 is 2.00 bits per heavy atom. The molecule has 0 bridgehead atoms. The predicted octanol–water partition coefficient (Wildman–Crippen LogP) is 4.06. The molecule has 3 heteroatoms. The predicted molar refractivity (Wildman–Crippen MR) is 93.4 cm³/mol. The van der Waals surface area contributed by atoms with Gasteiger partial charge in [0.15, 0.2) is 0 Å². The van der Waals surface area contributed by atoms with E-state index in [-0.39, 0.29) is 5.91 Å². The lowest BCUT2D eigenvalue weighted by Crippen LogP contribution is -2.44. The normalized spacial score (nSPS) is 24.5. The van der Waals surface area contributed by atoms with Gasteiger partial charge in [-0.2, -0.15) is 0 Å². The fraction of sp³-hybridized carbons (Fsp3) is 0.550. The first-order valence-electron chi connectivity index (χ1n) is 8.79. The van der Waals surface area contributed by atoms with Crippen molar-refractivity contribution in [3.63, 3.8) is 0 Å². The Morgan fingerprint density at radius 3 is 2.78 bits per heavy atom. The molecule has 1 aliphatic heterocycles. The molecule has 0 unspecified atom stereocenters. The molecule has 2 aliphatic rings. The lowest BCUT2D eigenvalue weighted by Gasteiger charge is -2.41. The Kier molecular flexibility index (Phi) is 5.04. The molecule has 0 radical (unpaired) electrons. The summed E-state index contributed by atoms with van der Waals surface area (Å²) in [7, 11) is 1.66. The number of hydrogen-bond donors (Lipinski definition) is 0. The Balaban J connectivity index is 1.66. The van der Waals surface area contributed by atoms with Crippen molar-refractivity contribution in [1.29, 1.82) is 0 Å². The van der Waals surface area contributed by atoms with Gasteiger partial charge in [-0.1, -0.05) is 30.9 Å². The van der Waals surface area contributed by atoms with Gasteiger partial charge in [-0.3, -0.25) is 4.79 Å². The summed E-state index contributed by atoms with van der Waals surface area (Å²) < 4.78 is 5.37. The Bertz CT molecular complexity index is 593. The number of carbonyl (C=O) groups is 1. The van der Waals surface area contributed by atoms with Crippen LogP contribution in [0, 0.1) is 18.8 Å². The second-order valence-corrected chi connectivity index (χ2v) is 6.96. The number of hydrogen-bond acceptors (Lipinski definition) is 2. The largest absolute Gasteiger partial charge is 0.496 e. The number of carbonyl (C=O) groups excluding carboxylic acids is 1. The zero-order valence-electron chi connectivity index (χ0n) is 14.3. The van der Waals surface area contributed by atoms with Crippen LogP contribution in [0.2, 0.25) is 0 Å². The van der Waals surface area contributed by atoms with Gasteiger partial charge in [0.2, 0.25) is 5.91 Å². The summed E-state index contributed by atoms with van der Waals surface area (Å²) in [6.07, 6.45) is 10.1. The van der Waals surface area contributed by atoms with E-state index in [9.17, 15) is 4.79 Å². The SMILES string of the molecule is COc1ccc(C)cc1/C=C/C(=O)N1CC[C@@H]2CCCC[C@@H]2C1. The second-order valence-electron chi connectivity index (χ2n) is 6.96. The molecular formula is C20H27NO2. The summed E-state index contributed by atoms with van der Waals surface area (Å²) in [6.45, 7) is 3.90. The van der Waals surface area contributed by atoms with Crippen molar-refractivity contribution in [1.82, 2.24) is 4.90 Å². The number of likely N-dealkylation sites (tertiary alicyclic amines) is 1. The Morgan fingerprint density at radius 1 is 1.22 bits per heavy atom. The van der Waals surface area contributed by atoms with Crippen LogP contribution in [0.25, 0.3) is 6.08 Å². The summed E-state index contributed by atoms with van der Waals surface area (Å²) in [4.78, 5) is 14.6. The molecule has 3 rings (SSSR count). The van der Waals surface area contributed by atoms with Crippen LogP contribution in [0.5, 0.6) is 5.75 Å². The smallest absolute Gasteiger partial charge is 0.246 e. The van der Waals surface area contributed by atoms with Crippen molar-refractivity contribution in [2.75, 3.05) is 20.2 Å². The van der Waals surface area contributed by atoms with Crippen molar-refractivity contribution in [3.05, 3.63) is 35.4 Å². The molecule has 1 saturated heterocycles. The Hall–Kier alpha value is -1.77. The number of ether oxygens (including phenoxy) is 1. The van der Waals surface area contributed by atoms with Crippen LogP contribution < -0.4 is 4.74 Å². The molecule has 1 aromatic carbocycles. The average molecular weight is 313 g/mol. The van der Waals surface area contributed by atoms with Crippen LogP contribution >= 0.6 is 0 Å². The molecular weight excluding hydrogens is 286 g/mol. The zero-order valence-corrected chi connectivity index (χ0v) is 14.3. The van der Waals surface area contributed by atoms with Gasteiger partial charge >= 0.3 is 0 Å². The van der Waals surface area contributed by atoms with Crippen molar-refractivity contribution in [2.45, 2.75) is 39.0 Å². The minimum absolute atomic E-state index is 0.137. The van der Waals surface area contributed by atoms with Gasteiger partial charge in [-0.15, -0.1) is 0 Å². The average Bonchev–Trinajstić information content (AvgIpc) is 2.59. The molecule has 23 heavy (non-hydrogen) atoms. The summed E-state index contributed by atoms with van der Waals surface area (Å²) in [6, 6.07) is 6.02. The van der Waals surface area contributed by atoms with Crippen LogP contribution in [0.4, 0.5) is 0 Å². The van der Waals surface area contributed by atoms with Crippen molar-refractivity contribution < 1.29 is 9.53 Å². The van der Waals surface area contributed by atoms with Crippen molar-refractivity contribution in [3.8, 4) is 5.75 Å². The zero-order chi connectivity index (χ0) is 16.2. The highest BCUT2D eigenvalue weighted by molar-refractivity contribution is 5.92. The first kappa shape index (κ1) is 16.1. The summed E-state index contributed by atoms with van der Waals surface area (Å²) in [5.41, 5.74) is 2.13. The summed E-state index contributed by atoms with van der Waals surface area (Å²) >= 11 is 0. The summed E-state index contributed by atoms with van der Waals surface area (Å²) in [5.74, 6) is 2.53. The molecule has 1 heterocycles. The van der Waals surface area contributed by atoms with E-state index in [4.69, 9.17) is 4.74 Å². The van der Waals surface area contributed by atoms with Crippen LogP contribution in [0.3, 0.4) is 0 Å². The van der Waals surface area contributed by atoms with Crippen LogP contribution in [-0.4, -0.2) is 31.0 Å². The maximum Gasteiger partial charge on any atom is 0.246 e. The van der Waals surface area contributed by atoms with Gasteiger partial charge in [0.1, 0.15) is 5.75 Å².